The molecular weight excluding hydrogens is 132 g/mol. The number of hydrogen-bond donors (Lipinski definition) is 0. The van der Waals surface area contributed by atoms with E-state index in [2.05, 4.69) is 34.3 Å². The largest absolute Gasteiger partial charge is 0.103 e. The molecule has 66 valence electrons. The lowest BCUT2D eigenvalue weighted by molar-refractivity contribution is 0.274. The highest BCUT2D eigenvalue weighted by molar-refractivity contribution is 4.75. The Morgan fingerprint density at radius 3 is 2.09 bits per heavy atom. The Balaban J connectivity index is 3.79. The summed E-state index contributed by atoms with van der Waals surface area (Å²) in [5.41, 5.74) is 0. The van der Waals surface area contributed by atoms with Gasteiger partial charge >= 0.3 is 0 Å². The quantitative estimate of drug-likeness (QED) is 0.527. The number of rotatable bonds is 5. The summed E-state index contributed by atoms with van der Waals surface area (Å²) in [5, 5.41) is 0. The van der Waals surface area contributed by atoms with Gasteiger partial charge in [-0.3, -0.25) is 0 Å². The zero-order valence-corrected chi connectivity index (χ0v) is 8.43. The van der Waals surface area contributed by atoms with Crippen molar-refractivity contribution in [3.63, 3.8) is 0 Å². The van der Waals surface area contributed by atoms with E-state index in [1.807, 2.05) is 6.08 Å². The van der Waals surface area contributed by atoms with Crippen LogP contribution in [0.4, 0.5) is 0 Å². The van der Waals surface area contributed by atoms with E-state index in [0.717, 1.165) is 24.2 Å². The smallest absolute Gasteiger partial charge is 0.0325 e. The van der Waals surface area contributed by atoms with Gasteiger partial charge in [0, 0.05) is 0 Å². The summed E-state index contributed by atoms with van der Waals surface area (Å²) in [6.07, 6.45) is 4.48. The van der Waals surface area contributed by atoms with Crippen LogP contribution in [-0.2, 0) is 0 Å². The van der Waals surface area contributed by atoms with E-state index in [1.165, 1.54) is 6.42 Å². The van der Waals surface area contributed by atoms with Gasteiger partial charge in [-0.25, -0.2) is 0 Å². The van der Waals surface area contributed by atoms with Crippen molar-refractivity contribution in [3.8, 4) is 0 Å². The summed E-state index contributed by atoms with van der Waals surface area (Å²) in [6, 6.07) is 0. The van der Waals surface area contributed by atoms with Gasteiger partial charge in [0.15, 0.2) is 0 Å². The van der Waals surface area contributed by atoms with Crippen molar-refractivity contribution in [1.29, 1.82) is 0 Å². The lowest BCUT2D eigenvalue weighted by Gasteiger charge is -2.24. The molecule has 0 aliphatic heterocycles. The second-order valence-corrected chi connectivity index (χ2v) is 3.75. The standard InChI is InChI=1S/C11H22/c1-6-8-10(4)11(5)9(3)7-2/h6,9-11H,1,7-8H2,2-5H3. The van der Waals surface area contributed by atoms with Crippen LogP contribution >= 0.6 is 0 Å². The first-order valence-corrected chi connectivity index (χ1v) is 4.74. The molecule has 0 aliphatic carbocycles. The average molecular weight is 154 g/mol. The topological polar surface area (TPSA) is 0 Å². The van der Waals surface area contributed by atoms with Crippen LogP contribution in [0.2, 0.25) is 0 Å². The van der Waals surface area contributed by atoms with E-state index >= 15 is 0 Å². The predicted octanol–water partition coefficient (Wildman–Crippen LogP) is 3.88. The lowest BCUT2D eigenvalue weighted by atomic mass is 9.82. The molecule has 0 rings (SSSR count). The van der Waals surface area contributed by atoms with Gasteiger partial charge in [0.1, 0.15) is 0 Å². The molecule has 0 saturated carbocycles. The van der Waals surface area contributed by atoms with Crippen molar-refractivity contribution in [3.05, 3.63) is 12.7 Å². The molecule has 0 nitrogen and oxygen atoms in total. The van der Waals surface area contributed by atoms with E-state index < -0.39 is 0 Å². The second kappa shape index (κ2) is 5.40. The Morgan fingerprint density at radius 1 is 1.18 bits per heavy atom. The first kappa shape index (κ1) is 10.7. The van der Waals surface area contributed by atoms with Crippen molar-refractivity contribution in [2.24, 2.45) is 17.8 Å². The third-order valence-electron chi connectivity index (χ3n) is 2.98. The molecule has 0 amide bonds. The highest BCUT2D eigenvalue weighted by Crippen LogP contribution is 2.25. The summed E-state index contributed by atoms with van der Waals surface area (Å²) in [5.74, 6) is 2.48. The Kier molecular flexibility index (Phi) is 5.27. The van der Waals surface area contributed by atoms with Gasteiger partial charge < -0.3 is 0 Å². The number of allylic oxidation sites excluding steroid dienone is 1. The zero-order valence-electron chi connectivity index (χ0n) is 8.43. The Morgan fingerprint density at radius 2 is 1.73 bits per heavy atom. The molecule has 0 saturated heterocycles. The summed E-state index contributed by atoms with van der Waals surface area (Å²) in [6.45, 7) is 13.0. The third-order valence-corrected chi connectivity index (χ3v) is 2.98. The van der Waals surface area contributed by atoms with Crippen LogP contribution in [0.3, 0.4) is 0 Å². The van der Waals surface area contributed by atoms with Crippen molar-refractivity contribution in [2.45, 2.75) is 40.5 Å². The summed E-state index contributed by atoms with van der Waals surface area (Å²) in [7, 11) is 0. The van der Waals surface area contributed by atoms with Gasteiger partial charge in [0.05, 0.1) is 0 Å². The van der Waals surface area contributed by atoms with Crippen molar-refractivity contribution < 1.29 is 0 Å². The van der Waals surface area contributed by atoms with Crippen LogP contribution in [0.1, 0.15) is 40.5 Å². The van der Waals surface area contributed by atoms with Crippen LogP contribution in [0.15, 0.2) is 12.7 Å². The molecule has 0 bridgehead atoms. The van der Waals surface area contributed by atoms with Crippen LogP contribution in [0, 0.1) is 17.8 Å². The van der Waals surface area contributed by atoms with Crippen LogP contribution < -0.4 is 0 Å². The van der Waals surface area contributed by atoms with Crippen molar-refractivity contribution >= 4 is 0 Å². The average Bonchev–Trinajstić information content (AvgIpc) is 2.02. The van der Waals surface area contributed by atoms with Crippen LogP contribution in [-0.4, -0.2) is 0 Å². The molecule has 0 fully saturated rings. The normalized spacial score (nSPS) is 18.9. The Labute approximate surface area is 71.7 Å². The molecule has 0 aromatic heterocycles. The van der Waals surface area contributed by atoms with Gasteiger partial charge in [-0.2, -0.15) is 0 Å². The predicted molar refractivity (Wildman–Crippen MR) is 52.6 cm³/mol. The third kappa shape index (κ3) is 3.60. The molecule has 0 aromatic carbocycles. The molecule has 0 N–H and O–H groups in total. The van der Waals surface area contributed by atoms with Gasteiger partial charge in [-0.1, -0.05) is 40.2 Å². The molecule has 3 atom stereocenters. The lowest BCUT2D eigenvalue weighted by Crippen LogP contribution is -2.15. The first-order chi connectivity index (χ1) is 5.13. The van der Waals surface area contributed by atoms with E-state index in [9.17, 15) is 0 Å². The van der Waals surface area contributed by atoms with E-state index in [0.29, 0.717) is 0 Å². The monoisotopic (exact) mass is 154 g/mol. The molecule has 0 aromatic rings. The molecule has 0 radical (unpaired) electrons. The van der Waals surface area contributed by atoms with E-state index in [1.54, 1.807) is 0 Å². The minimum absolute atomic E-state index is 0.794. The van der Waals surface area contributed by atoms with Gasteiger partial charge in [-0.05, 0) is 24.2 Å². The Bertz CT molecular complexity index is 105. The summed E-state index contributed by atoms with van der Waals surface area (Å²) < 4.78 is 0. The van der Waals surface area contributed by atoms with Gasteiger partial charge in [-0.15, -0.1) is 6.58 Å². The first-order valence-electron chi connectivity index (χ1n) is 4.74. The molecule has 11 heavy (non-hydrogen) atoms. The SMILES string of the molecule is C=CCC(C)C(C)C(C)CC. The minimum atomic E-state index is 0.794. The highest BCUT2D eigenvalue weighted by Gasteiger charge is 2.15. The maximum Gasteiger partial charge on any atom is -0.0325 e. The molecule has 3 unspecified atom stereocenters. The zero-order chi connectivity index (χ0) is 8.85. The van der Waals surface area contributed by atoms with E-state index in [4.69, 9.17) is 0 Å². The van der Waals surface area contributed by atoms with Crippen LogP contribution in [0.5, 0.6) is 0 Å². The molecule has 0 heteroatoms. The molecule has 0 heterocycles. The van der Waals surface area contributed by atoms with E-state index in [-0.39, 0.29) is 0 Å². The maximum absolute atomic E-state index is 3.77. The van der Waals surface area contributed by atoms with Crippen molar-refractivity contribution in [1.82, 2.24) is 0 Å². The fraction of sp³-hybridized carbons (Fsp3) is 0.818. The van der Waals surface area contributed by atoms with Gasteiger partial charge in [0.2, 0.25) is 0 Å². The molecular formula is C11H22. The van der Waals surface area contributed by atoms with Gasteiger partial charge in [0.25, 0.3) is 0 Å². The fourth-order valence-electron chi connectivity index (χ4n) is 1.41. The summed E-state index contributed by atoms with van der Waals surface area (Å²) in [4.78, 5) is 0. The number of hydrogen-bond acceptors (Lipinski definition) is 0. The molecule has 0 spiro atoms. The Hall–Kier alpha value is -0.260. The summed E-state index contributed by atoms with van der Waals surface area (Å²) >= 11 is 0. The highest BCUT2D eigenvalue weighted by atomic mass is 14.2. The fourth-order valence-corrected chi connectivity index (χ4v) is 1.41. The second-order valence-electron chi connectivity index (χ2n) is 3.75. The molecule has 0 aliphatic rings. The van der Waals surface area contributed by atoms with Crippen LogP contribution in [0.25, 0.3) is 0 Å². The maximum atomic E-state index is 3.77. The van der Waals surface area contributed by atoms with Crippen molar-refractivity contribution in [2.75, 3.05) is 0 Å². The minimum Gasteiger partial charge on any atom is -0.103 e.